The first kappa shape index (κ1) is 11.3. The third kappa shape index (κ3) is 1.90. The Morgan fingerprint density at radius 2 is 2.28 bits per heavy atom. The van der Waals surface area contributed by atoms with Gasteiger partial charge in [0.15, 0.2) is 5.82 Å². The molecule has 2 heterocycles. The highest BCUT2D eigenvalue weighted by Gasteiger charge is 2.49. The second kappa shape index (κ2) is 3.88. The monoisotopic (exact) mass is 244 g/mol. The van der Waals surface area contributed by atoms with Crippen LogP contribution in [-0.4, -0.2) is 15.1 Å². The van der Waals surface area contributed by atoms with E-state index in [1.807, 2.05) is 12.1 Å². The molecule has 2 N–H and O–H groups in total. The van der Waals surface area contributed by atoms with E-state index in [-0.39, 0.29) is 0 Å². The zero-order valence-electron chi connectivity index (χ0n) is 10.6. The highest BCUT2D eigenvalue weighted by atomic mass is 16.5. The number of hydrogen-bond donors (Lipinski definition) is 1. The largest absolute Gasteiger partial charge is 0.334 e. The number of pyridine rings is 1. The van der Waals surface area contributed by atoms with Gasteiger partial charge in [-0.05, 0) is 24.0 Å². The molecule has 0 radical (unpaired) electrons. The van der Waals surface area contributed by atoms with Gasteiger partial charge in [0, 0.05) is 24.2 Å². The molecular formula is C13H16N4O. The summed E-state index contributed by atoms with van der Waals surface area (Å²) in [6.07, 6.45) is 2.83. The number of nitrogens with zero attached hydrogens (tertiary/aromatic N) is 3. The summed E-state index contributed by atoms with van der Waals surface area (Å²) in [5, 5.41) is 4.07. The van der Waals surface area contributed by atoms with E-state index in [9.17, 15) is 0 Å². The molecule has 0 aromatic carbocycles. The fourth-order valence-corrected chi connectivity index (χ4v) is 2.12. The highest BCUT2D eigenvalue weighted by Crippen LogP contribution is 2.57. The van der Waals surface area contributed by atoms with Crippen LogP contribution >= 0.6 is 0 Å². The molecular weight excluding hydrogens is 228 g/mol. The average molecular weight is 244 g/mol. The maximum Gasteiger partial charge on any atom is 0.258 e. The van der Waals surface area contributed by atoms with Crippen molar-refractivity contribution < 1.29 is 4.52 Å². The summed E-state index contributed by atoms with van der Waals surface area (Å²) >= 11 is 0. The summed E-state index contributed by atoms with van der Waals surface area (Å²) < 4.78 is 5.32. The van der Waals surface area contributed by atoms with Crippen LogP contribution in [0.5, 0.6) is 0 Å². The van der Waals surface area contributed by atoms with Gasteiger partial charge in [0.25, 0.3) is 5.89 Å². The molecule has 5 heteroatoms. The lowest BCUT2D eigenvalue weighted by Crippen LogP contribution is -1.99. The fraction of sp³-hybridized carbons (Fsp3) is 0.462. The van der Waals surface area contributed by atoms with Crippen LogP contribution in [0.25, 0.3) is 11.5 Å². The topological polar surface area (TPSA) is 77.8 Å². The molecule has 2 aromatic heterocycles. The Bertz CT molecular complexity index is 576. The van der Waals surface area contributed by atoms with Crippen LogP contribution < -0.4 is 5.73 Å². The van der Waals surface area contributed by atoms with E-state index in [2.05, 4.69) is 29.0 Å². The predicted octanol–water partition coefficient (Wildman–Crippen LogP) is 2.10. The van der Waals surface area contributed by atoms with Crippen LogP contribution in [0.15, 0.2) is 22.9 Å². The molecule has 1 saturated carbocycles. The van der Waals surface area contributed by atoms with Gasteiger partial charge in [-0.15, -0.1) is 0 Å². The molecule has 0 aliphatic heterocycles. The maximum atomic E-state index is 5.57. The Balaban J connectivity index is 1.89. The highest BCUT2D eigenvalue weighted by molar-refractivity contribution is 5.52. The normalized spacial score (nSPS) is 20.9. The summed E-state index contributed by atoms with van der Waals surface area (Å²) in [4.78, 5) is 8.61. The predicted molar refractivity (Wildman–Crippen MR) is 66.6 cm³/mol. The molecule has 1 aliphatic carbocycles. The Morgan fingerprint density at radius 1 is 1.50 bits per heavy atom. The molecule has 0 saturated heterocycles. The van der Waals surface area contributed by atoms with Crippen LogP contribution in [0.4, 0.5) is 0 Å². The van der Waals surface area contributed by atoms with Gasteiger partial charge in [-0.1, -0.05) is 19.0 Å². The Morgan fingerprint density at radius 3 is 2.94 bits per heavy atom. The van der Waals surface area contributed by atoms with Crippen LogP contribution in [0.2, 0.25) is 0 Å². The van der Waals surface area contributed by atoms with E-state index < -0.39 is 0 Å². The molecule has 1 fully saturated rings. The lowest BCUT2D eigenvalue weighted by atomic mass is 10.1. The van der Waals surface area contributed by atoms with Crippen LogP contribution in [0.3, 0.4) is 0 Å². The quantitative estimate of drug-likeness (QED) is 0.894. The third-order valence-corrected chi connectivity index (χ3v) is 3.54. The first-order valence-electron chi connectivity index (χ1n) is 6.09. The summed E-state index contributed by atoms with van der Waals surface area (Å²) in [7, 11) is 0. The molecule has 0 amide bonds. The lowest BCUT2D eigenvalue weighted by molar-refractivity contribution is 0.419. The Kier molecular flexibility index (Phi) is 2.45. The van der Waals surface area contributed by atoms with E-state index in [0.29, 0.717) is 23.8 Å². The van der Waals surface area contributed by atoms with Gasteiger partial charge in [-0.25, -0.2) is 0 Å². The van der Waals surface area contributed by atoms with E-state index >= 15 is 0 Å². The van der Waals surface area contributed by atoms with E-state index in [1.165, 1.54) is 0 Å². The van der Waals surface area contributed by atoms with Crippen LogP contribution in [-0.2, 0) is 6.54 Å². The molecule has 0 spiro atoms. The molecule has 18 heavy (non-hydrogen) atoms. The van der Waals surface area contributed by atoms with Crippen molar-refractivity contribution in [2.45, 2.75) is 32.7 Å². The Hall–Kier alpha value is -1.75. The second-order valence-electron chi connectivity index (χ2n) is 5.44. The standard InChI is InChI=1S/C13H16N4O/c1-13(2)6-10(13)11-16-12(18-17-11)8-3-4-15-9(5-8)7-14/h3-5,10H,6-7,14H2,1-2H3. The zero-order valence-corrected chi connectivity index (χ0v) is 10.6. The van der Waals surface area contributed by atoms with Gasteiger partial charge in [0.2, 0.25) is 0 Å². The third-order valence-electron chi connectivity index (χ3n) is 3.54. The van der Waals surface area contributed by atoms with Crippen molar-refractivity contribution in [1.82, 2.24) is 15.1 Å². The number of aromatic nitrogens is 3. The van der Waals surface area contributed by atoms with E-state index in [1.54, 1.807) is 6.20 Å². The summed E-state index contributed by atoms with van der Waals surface area (Å²) in [5.74, 6) is 1.77. The van der Waals surface area contributed by atoms with Crippen molar-refractivity contribution in [2.75, 3.05) is 0 Å². The average Bonchev–Trinajstić information content (AvgIpc) is 2.81. The smallest absolute Gasteiger partial charge is 0.258 e. The number of hydrogen-bond acceptors (Lipinski definition) is 5. The van der Waals surface area contributed by atoms with Crippen LogP contribution in [0.1, 0.15) is 37.7 Å². The molecule has 5 nitrogen and oxygen atoms in total. The van der Waals surface area contributed by atoms with E-state index in [4.69, 9.17) is 10.3 Å². The van der Waals surface area contributed by atoms with Crippen LogP contribution in [0, 0.1) is 5.41 Å². The van der Waals surface area contributed by atoms with Crippen molar-refractivity contribution in [3.63, 3.8) is 0 Å². The molecule has 2 aromatic rings. The maximum absolute atomic E-state index is 5.57. The minimum Gasteiger partial charge on any atom is -0.334 e. The summed E-state index contributed by atoms with van der Waals surface area (Å²) in [5.41, 5.74) is 7.57. The Labute approximate surface area is 105 Å². The van der Waals surface area contributed by atoms with Crippen molar-refractivity contribution in [3.05, 3.63) is 29.8 Å². The zero-order chi connectivity index (χ0) is 12.8. The lowest BCUT2D eigenvalue weighted by Gasteiger charge is -1.97. The van der Waals surface area contributed by atoms with Crippen molar-refractivity contribution in [2.24, 2.45) is 11.1 Å². The first-order chi connectivity index (χ1) is 8.60. The molecule has 1 atom stereocenters. The number of rotatable bonds is 3. The molecule has 3 rings (SSSR count). The summed E-state index contributed by atoms with van der Waals surface area (Å²) in [6.45, 7) is 4.84. The minimum absolute atomic E-state index is 0.307. The SMILES string of the molecule is CC1(C)CC1c1noc(-c2ccnc(CN)c2)n1. The fourth-order valence-electron chi connectivity index (χ4n) is 2.12. The van der Waals surface area contributed by atoms with Gasteiger partial charge in [-0.3, -0.25) is 4.98 Å². The van der Waals surface area contributed by atoms with Gasteiger partial charge in [-0.2, -0.15) is 4.98 Å². The van der Waals surface area contributed by atoms with Gasteiger partial charge in [0.05, 0.1) is 5.69 Å². The molecule has 1 aliphatic rings. The molecule has 1 unspecified atom stereocenters. The van der Waals surface area contributed by atoms with Gasteiger partial charge in [0.1, 0.15) is 0 Å². The molecule has 94 valence electrons. The van der Waals surface area contributed by atoms with Crippen molar-refractivity contribution in [3.8, 4) is 11.5 Å². The van der Waals surface area contributed by atoms with Crippen molar-refractivity contribution in [1.29, 1.82) is 0 Å². The molecule has 0 bridgehead atoms. The van der Waals surface area contributed by atoms with Crippen molar-refractivity contribution >= 4 is 0 Å². The second-order valence-corrected chi connectivity index (χ2v) is 5.44. The number of nitrogens with two attached hydrogens (primary N) is 1. The minimum atomic E-state index is 0.307. The summed E-state index contributed by atoms with van der Waals surface area (Å²) in [6, 6.07) is 3.74. The van der Waals surface area contributed by atoms with E-state index in [0.717, 1.165) is 23.5 Å². The van der Waals surface area contributed by atoms with Gasteiger partial charge < -0.3 is 10.3 Å². The van der Waals surface area contributed by atoms with Gasteiger partial charge >= 0.3 is 0 Å². The first-order valence-corrected chi connectivity index (χ1v) is 6.09.